The Labute approximate surface area is 267 Å². The standard InChI is InChI=1S/C31H47Br2NO8/c1-28(2,3)41-24(35)22-14-13-21(20-23(22)25(36)42-29(4,5)6)12-11-15-34(16-18-39-26(37)30(7,8)32)17-19-40-27(38)31(9,10)33/h13-14,20H,11-12,15-19H2,1-10H3. The molecular formula is C31H47Br2NO8. The van der Waals surface area contributed by atoms with Crippen LogP contribution < -0.4 is 0 Å². The number of esters is 4. The third kappa shape index (κ3) is 15.0. The minimum Gasteiger partial charge on any atom is -0.463 e. The van der Waals surface area contributed by atoms with Gasteiger partial charge in [0, 0.05) is 13.1 Å². The molecule has 0 heterocycles. The molecule has 0 N–H and O–H groups in total. The van der Waals surface area contributed by atoms with E-state index in [1.165, 1.54) is 0 Å². The van der Waals surface area contributed by atoms with Crippen molar-refractivity contribution in [1.29, 1.82) is 0 Å². The Morgan fingerprint density at radius 2 is 1.10 bits per heavy atom. The lowest BCUT2D eigenvalue weighted by atomic mass is 10.0. The van der Waals surface area contributed by atoms with E-state index in [2.05, 4.69) is 31.9 Å². The summed E-state index contributed by atoms with van der Waals surface area (Å²) in [5, 5.41) is 0. The molecule has 0 aliphatic rings. The Hall–Kier alpha value is -1.98. The van der Waals surface area contributed by atoms with Gasteiger partial charge in [-0.2, -0.15) is 0 Å². The van der Waals surface area contributed by atoms with Gasteiger partial charge in [0.25, 0.3) is 0 Å². The molecule has 0 aromatic heterocycles. The maximum Gasteiger partial charge on any atom is 0.339 e. The molecule has 0 aliphatic heterocycles. The van der Waals surface area contributed by atoms with Crippen LogP contribution in [0.3, 0.4) is 0 Å². The highest BCUT2D eigenvalue weighted by molar-refractivity contribution is 9.10. The first-order valence-electron chi connectivity index (χ1n) is 14.0. The molecule has 11 heteroatoms. The number of rotatable bonds is 14. The van der Waals surface area contributed by atoms with Crippen LogP contribution >= 0.6 is 31.9 Å². The SMILES string of the molecule is CC(C)(C)OC(=O)c1ccc(CCCN(CCOC(=O)C(C)(C)Br)CCOC(=O)C(C)(C)Br)cc1C(=O)OC(C)(C)C. The van der Waals surface area contributed by atoms with Crippen LogP contribution in [0.1, 0.15) is 102 Å². The molecule has 238 valence electrons. The second-order valence-corrected chi connectivity index (χ2v) is 17.0. The van der Waals surface area contributed by atoms with E-state index in [1.807, 2.05) is 4.90 Å². The molecule has 0 amide bonds. The van der Waals surface area contributed by atoms with E-state index in [1.54, 1.807) is 87.4 Å². The van der Waals surface area contributed by atoms with Gasteiger partial charge in [-0.1, -0.05) is 37.9 Å². The third-order valence-corrected chi connectivity index (χ3v) is 6.16. The van der Waals surface area contributed by atoms with Crippen LogP contribution in [0.15, 0.2) is 18.2 Å². The monoisotopic (exact) mass is 719 g/mol. The minimum atomic E-state index is -0.786. The van der Waals surface area contributed by atoms with Crippen LogP contribution in [-0.4, -0.2) is 81.5 Å². The predicted molar refractivity (Wildman–Crippen MR) is 169 cm³/mol. The zero-order valence-corrected chi connectivity index (χ0v) is 29.8. The zero-order chi connectivity index (χ0) is 32.5. The van der Waals surface area contributed by atoms with E-state index in [4.69, 9.17) is 18.9 Å². The van der Waals surface area contributed by atoms with Crippen molar-refractivity contribution < 1.29 is 38.1 Å². The van der Waals surface area contributed by atoms with Gasteiger partial charge < -0.3 is 18.9 Å². The van der Waals surface area contributed by atoms with Crippen LogP contribution in [0.2, 0.25) is 0 Å². The van der Waals surface area contributed by atoms with Crippen molar-refractivity contribution >= 4 is 55.7 Å². The fourth-order valence-electron chi connectivity index (χ4n) is 3.48. The van der Waals surface area contributed by atoms with Crippen LogP contribution in [-0.2, 0) is 35.0 Å². The van der Waals surface area contributed by atoms with E-state index in [-0.39, 0.29) is 36.3 Å². The van der Waals surface area contributed by atoms with Crippen LogP contribution in [0.4, 0.5) is 0 Å². The number of nitrogens with zero attached hydrogens (tertiary/aromatic N) is 1. The van der Waals surface area contributed by atoms with Crippen molar-refractivity contribution in [2.75, 3.05) is 32.8 Å². The summed E-state index contributed by atoms with van der Waals surface area (Å²) >= 11 is 6.61. The Bertz CT molecular complexity index is 1060. The summed E-state index contributed by atoms with van der Waals surface area (Å²) in [6, 6.07) is 5.08. The Morgan fingerprint density at radius 1 is 0.667 bits per heavy atom. The molecule has 0 saturated carbocycles. The van der Waals surface area contributed by atoms with Gasteiger partial charge in [0.15, 0.2) is 0 Å². The number of alkyl halides is 2. The number of carbonyl (C=O) groups excluding carboxylic acids is 4. The topological polar surface area (TPSA) is 108 Å². The van der Waals surface area contributed by atoms with E-state index in [9.17, 15) is 19.2 Å². The van der Waals surface area contributed by atoms with Gasteiger partial charge >= 0.3 is 23.9 Å². The van der Waals surface area contributed by atoms with Crippen molar-refractivity contribution in [1.82, 2.24) is 4.90 Å². The molecule has 0 radical (unpaired) electrons. The third-order valence-electron chi connectivity index (χ3n) is 5.51. The fourth-order valence-corrected chi connectivity index (χ4v) is 3.71. The molecule has 0 aliphatic carbocycles. The lowest BCUT2D eigenvalue weighted by molar-refractivity contribution is -0.146. The quantitative estimate of drug-likeness (QED) is 0.125. The average molecular weight is 722 g/mol. The number of halogens is 2. The normalized spacial score (nSPS) is 12.6. The number of hydrogen-bond acceptors (Lipinski definition) is 9. The highest BCUT2D eigenvalue weighted by Crippen LogP contribution is 2.22. The van der Waals surface area contributed by atoms with Crippen molar-refractivity contribution in [3.63, 3.8) is 0 Å². The lowest BCUT2D eigenvalue weighted by Gasteiger charge is -2.24. The van der Waals surface area contributed by atoms with Gasteiger partial charge in [0.05, 0.1) is 11.1 Å². The van der Waals surface area contributed by atoms with Gasteiger partial charge in [0.1, 0.15) is 33.1 Å². The largest absolute Gasteiger partial charge is 0.463 e. The number of aryl methyl sites for hydroxylation is 1. The number of ether oxygens (including phenoxy) is 4. The predicted octanol–water partition coefficient (Wildman–Crippen LogP) is 6.27. The maximum absolute atomic E-state index is 13.0. The first-order valence-corrected chi connectivity index (χ1v) is 15.6. The second kappa shape index (κ2) is 15.7. The van der Waals surface area contributed by atoms with Crippen molar-refractivity contribution in [2.45, 2.75) is 102 Å². The fraction of sp³-hybridized carbons (Fsp3) is 0.677. The smallest absolute Gasteiger partial charge is 0.339 e. The summed E-state index contributed by atoms with van der Waals surface area (Å²) in [6.07, 6.45) is 1.29. The van der Waals surface area contributed by atoms with Crippen LogP contribution in [0.5, 0.6) is 0 Å². The molecule has 0 bridgehead atoms. The molecule has 0 fully saturated rings. The van der Waals surface area contributed by atoms with Crippen LogP contribution in [0, 0.1) is 0 Å². The second-order valence-electron chi connectivity index (χ2n) is 13.0. The number of carbonyl (C=O) groups is 4. The molecule has 1 aromatic carbocycles. The van der Waals surface area contributed by atoms with E-state index >= 15 is 0 Å². The molecule has 1 rings (SSSR count). The minimum absolute atomic E-state index is 0.151. The van der Waals surface area contributed by atoms with Gasteiger partial charge in [-0.15, -0.1) is 0 Å². The molecule has 0 spiro atoms. The van der Waals surface area contributed by atoms with Gasteiger partial charge in [-0.25, -0.2) is 9.59 Å². The van der Waals surface area contributed by atoms with E-state index < -0.39 is 31.8 Å². The first-order chi connectivity index (χ1) is 19.0. The molecule has 42 heavy (non-hydrogen) atoms. The number of hydrogen-bond donors (Lipinski definition) is 0. The van der Waals surface area contributed by atoms with E-state index in [0.29, 0.717) is 32.5 Å². The first kappa shape index (κ1) is 38.0. The summed E-state index contributed by atoms with van der Waals surface area (Å²) in [6.45, 7) is 19.3. The van der Waals surface area contributed by atoms with Crippen molar-refractivity contribution in [3.05, 3.63) is 34.9 Å². The van der Waals surface area contributed by atoms with Gasteiger partial charge in [-0.3, -0.25) is 14.5 Å². The molecule has 9 nitrogen and oxygen atoms in total. The summed E-state index contributed by atoms with van der Waals surface area (Å²) in [7, 11) is 0. The summed E-state index contributed by atoms with van der Waals surface area (Å²) in [4.78, 5) is 52.3. The summed E-state index contributed by atoms with van der Waals surface area (Å²) in [5.41, 5.74) is -0.302. The molecular weight excluding hydrogens is 674 g/mol. The van der Waals surface area contributed by atoms with Crippen molar-refractivity contribution in [3.8, 4) is 0 Å². The highest BCUT2D eigenvalue weighted by atomic mass is 79.9. The Kier molecular flexibility index (Phi) is 14.2. The molecule has 1 aromatic rings. The summed E-state index contributed by atoms with van der Waals surface area (Å²) in [5.74, 6) is -1.92. The average Bonchev–Trinajstić information content (AvgIpc) is 2.80. The Balaban J connectivity index is 3.02. The zero-order valence-electron chi connectivity index (χ0n) is 26.7. The lowest BCUT2D eigenvalue weighted by Crippen LogP contribution is -2.36. The number of benzene rings is 1. The van der Waals surface area contributed by atoms with Gasteiger partial charge in [0.2, 0.25) is 0 Å². The van der Waals surface area contributed by atoms with Crippen molar-refractivity contribution in [2.24, 2.45) is 0 Å². The summed E-state index contributed by atoms with van der Waals surface area (Å²) < 4.78 is 20.3. The van der Waals surface area contributed by atoms with Crippen LogP contribution in [0.25, 0.3) is 0 Å². The molecule has 0 atom stereocenters. The van der Waals surface area contributed by atoms with Gasteiger partial charge in [-0.05, 0) is 106 Å². The Morgan fingerprint density at radius 3 is 1.50 bits per heavy atom. The maximum atomic E-state index is 13.0. The molecule has 0 unspecified atom stereocenters. The van der Waals surface area contributed by atoms with E-state index in [0.717, 1.165) is 5.56 Å². The molecule has 0 saturated heterocycles. The highest BCUT2D eigenvalue weighted by Gasteiger charge is 2.28.